The topological polar surface area (TPSA) is 98.6 Å². The molecule has 2 unspecified atom stereocenters. The second-order valence-corrected chi connectivity index (χ2v) is 15.7. The average Bonchev–Trinajstić information content (AvgIpc) is 3.78. The Hall–Kier alpha value is -3.48. The molecule has 0 amide bonds. The summed E-state index contributed by atoms with van der Waals surface area (Å²) >= 11 is 1.42. The number of nitrogens with one attached hydrogen (secondary N) is 1. The summed E-state index contributed by atoms with van der Waals surface area (Å²) in [6.45, 7) is 10.5. The maximum atomic E-state index is 16.0. The predicted octanol–water partition coefficient (Wildman–Crippen LogP) is 7.53. The van der Waals surface area contributed by atoms with Crippen molar-refractivity contribution in [2.24, 2.45) is 0 Å². The summed E-state index contributed by atoms with van der Waals surface area (Å²) in [5.74, 6) is 2.04. The van der Waals surface area contributed by atoms with Gasteiger partial charge in [-0.15, -0.1) is 0 Å². The monoisotopic (exact) mass is 653 g/mol. The highest BCUT2D eigenvalue weighted by Gasteiger charge is 2.38. The molecular formula is C33H40FN5O4S2. The number of methoxy groups -OCH3 is 1. The Labute approximate surface area is 268 Å². The van der Waals surface area contributed by atoms with Gasteiger partial charge in [-0.1, -0.05) is 26.0 Å². The third kappa shape index (κ3) is 6.19. The number of sulfonamides is 1. The summed E-state index contributed by atoms with van der Waals surface area (Å²) in [5.41, 5.74) is 2.85. The number of benzene rings is 2. The number of rotatable bonds is 9. The second-order valence-electron chi connectivity index (χ2n) is 13.2. The summed E-state index contributed by atoms with van der Waals surface area (Å²) in [4.78, 5) is 0.00168. The Kier molecular flexibility index (Phi) is 8.42. The molecule has 12 heteroatoms. The van der Waals surface area contributed by atoms with Gasteiger partial charge in [0.05, 0.1) is 28.9 Å². The van der Waals surface area contributed by atoms with Crippen molar-refractivity contribution in [1.82, 2.24) is 18.5 Å². The van der Waals surface area contributed by atoms with Crippen molar-refractivity contribution in [3.05, 3.63) is 76.0 Å². The molecular weight excluding hydrogens is 614 g/mol. The van der Waals surface area contributed by atoms with Crippen LogP contribution in [0.3, 0.4) is 0 Å². The molecule has 6 rings (SSSR count). The van der Waals surface area contributed by atoms with Crippen LogP contribution in [-0.2, 0) is 28.7 Å². The number of aromatic nitrogens is 3. The number of fused-ring (bicyclic) bond motifs is 1. The van der Waals surface area contributed by atoms with Gasteiger partial charge in [0, 0.05) is 41.6 Å². The highest BCUT2D eigenvalue weighted by molar-refractivity contribution is 7.89. The van der Waals surface area contributed by atoms with Gasteiger partial charge in [-0.05, 0) is 87.3 Å². The lowest BCUT2D eigenvalue weighted by Gasteiger charge is -2.23. The largest absolute Gasteiger partial charge is 0.497 e. The molecule has 1 saturated carbocycles. The highest BCUT2D eigenvalue weighted by atomic mass is 32.2. The van der Waals surface area contributed by atoms with E-state index in [0.29, 0.717) is 17.5 Å². The van der Waals surface area contributed by atoms with Crippen molar-refractivity contribution in [2.45, 2.75) is 95.3 Å². The lowest BCUT2D eigenvalue weighted by atomic mass is 10.0. The first-order valence-electron chi connectivity index (χ1n) is 15.3. The Bertz CT molecular complexity index is 1790. The summed E-state index contributed by atoms with van der Waals surface area (Å²) in [6, 6.07) is 12.2. The third-order valence-electron chi connectivity index (χ3n) is 8.56. The molecule has 4 aromatic rings. The van der Waals surface area contributed by atoms with Gasteiger partial charge < -0.3 is 14.8 Å². The van der Waals surface area contributed by atoms with Crippen LogP contribution in [0.2, 0.25) is 0 Å². The van der Waals surface area contributed by atoms with Crippen LogP contribution >= 0.6 is 11.5 Å². The molecule has 2 aromatic heterocycles. The molecule has 240 valence electrons. The van der Waals surface area contributed by atoms with Crippen molar-refractivity contribution in [1.29, 1.82) is 0 Å². The SMILES string of the molecule is COc1ccc(CN2Cc3c(ccc(Nc4cc(C5CCC(Oc6nscc6C(C)C)C5)nn4C(C)(C)C)c3F)S2(=O)=O)cc1. The van der Waals surface area contributed by atoms with E-state index >= 15 is 4.39 Å². The molecule has 0 spiro atoms. The van der Waals surface area contributed by atoms with Crippen molar-refractivity contribution < 1.29 is 22.3 Å². The van der Waals surface area contributed by atoms with E-state index in [1.165, 1.54) is 28.0 Å². The molecule has 1 fully saturated rings. The molecule has 3 heterocycles. The van der Waals surface area contributed by atoms with Crippen molar-refractivity contribution in [3.63, 3.8) is 0 Å². The smallest absolute Gasteiger partial charge is 0.244 e. The van der Waals surface area contributed by atoms with Crippen LogP contribution in [-0.4, -0.2) is 40.1 Å². The molecule has 1 aliphatic carbocycles. The van der Waals surface area contributed by atoms with Gasteiger partial charge in [0.25, 0.3) is 0 Å². The van der Waals surface area contributed by atoms with Crippen LogP contribution in [0.15, 0.2) is 52.7 Å². The fourth-order valence-corrected chi connectivity index (χ4v) is 8.47. The lowest BCUT2D eigenvalue weighted by Crippen LogP contribution is -2.25. The van der Waals surface area contributed by atoms with Crippen LogP contribution in [0, 0.1) is 5.82 Å². The minimum absolute atomic E-state index is 0.00168. The van der Waals surface area contributed by atoms with E-state index in [4.69, 9.17) is 14.6 Å². The molecule has 2 aromatic carbocycles. The molecule has 0 bridgehead atoms. The summed E-state index contributed by atoms with van der Waals surface area (Å²) in [5, 5.41) is 10.3. The molecule has 2 atom stereocenters. The normalized spacial score (nSPS) is 19.6. The van der Waals surface area contributed by atoms with E-state index < -0.39 is 15.8 Å². The standard InChI is InChI=1S/C33H40FN5O4S2/c1-20(2)26-19-44-37-32(26)43-24-12-9-22(15-24)28-16-30(39(36-28)33(3,4)5)35-27-13-14-29-25(31(27)34)18-38(45(29,40)41)17-21-7-10-23(42-6)11-8-21/h7-8,10-11,13-14,16,19-20,22,24,35H,9,12,15,17-18H2,1-6H3. The number of nitrogens with zero attached hydrogens (tertiary/aromatic N) is 4. The number of anilines is 2. The van der Waals surface area contributed by atoms with E-state index in [1.807, 2.05) is 43.7 Å². The lowest BCUT2D eigenvalue weighted by molar-refractivity contribution is 0.199. The Balaban J connectivity index is 1.21. The average molecular weight is 654 g/mol. The van der Waals surface area contributed by atoms with Crippen molar-refractivity contribution in [3.8, 4) is 11.6 Å². The van der Waals surface area contributed by atoms with Gasteiger partial charge in [0.15, 0.2) is 5.82 Å². The van der Waals surface area contributed by atoms with Crippen LogP contribution in [0.5, 0.6) is 11.6 Å². The highest BCUT2D eigenvalue weighted by Crippen LogP contribution is 2.41. The van der Waals surface area contributed by atoms with Crippen LogP contribution in [0.25, 0.3) is 0 Å². The van der Waals surface area contributed by atoms with Gasteiger partial charge in [-0.25, -0.2) is 17.5 Å². The third-order valence-corrected chi connectivity index (χ3v) is 11.1. The summed E-state index contributed by atoms with van der Waals surface area (Å²) in [6.07, 6.45) is 2.72. The van der Waals surface area contributed by atoms with E-state index in [1.54, 1.807) is 19.2 Å². The maximum Gasteiger partial charge on any atom is 0.244 e. The number of hydrogen-bond acceptors (Lipinski definition) is 8. The predicted molar refractivity (Wildman–Crippen MR) is 174 cm³/mol. The van der Waals surface area contributed by atoms with Crippen LogP contribution < -0.4 is 14.8 Å². The molecule has 1 N–H and O–H groups in total. The van der Waals surface area contributed by atoms with Gasteiger partial charge in [0.1, 0.15) is 17.7 Å². The zero-order valence-corrected chi connectivity index (χ0v) is 28.1. The summed E-state index contributed by atoms with van der Waals surface area (Å²) in [7, 11) is -2.27. The Morgan fingerprint density at radius 1 is 1.13 bits per heavy atom. The van der Waals surface area contributed by atoms with E-state index in [2.05, 4.69) is 28.9 Å². The second kappa shape index (κ2) is 12.0. The van der Waals surface area contributed by atoms with Crippen LogP contribution in [0.1, 0.15) is 88.1 Å². The molecule has 45 heavy (non-hydrogen) atoms. The molecule has 0 radical (unpaired) electrons. The molecule has 9 nitrogen and oxygen atoms in total. The van der Waals surface area contributed by atoms with Gasteiger partial charge in [-0.3, -0.25) is 0 Å². The van der Waals surface area contributed by atoms with Gasteiger partial charge in [-0.2, -0.15) is 13.8 Å². The molecule has 1 aliphatic heterocycles. The number of hydrogen-bond donors (Lipinski definition) is 1. The Morgan fingerprint density at radius 3 is 2.58 bits per heavy atom. The zero-order valence-electron chi connectivity index (χ0n) is 26.5. The van der Waals surface area contributed by atoms with Gasteiger partial charge >= 0.3 is 0 Å². The fraction of sp³-hybridized carbons (Fsp3) is 0.455. The van der Waals surface area contributed by atoms with E-state index in [0.717, 1.165) is 42.0 Å². The minimum atomic E-state index is -3.84. The summed E-state index contributed by atoms with van der Waals surface area (Å²) < 4.78 is 61.9. The molecule has 0 saturated heterocycles. The van der Waals surface area contributed by atoms with Gasteiger partial charge in [0.2, 0.25) is 15.9 Å². The fourth-order valence-electron chi connectivity index (χ4n) is 6.08. The molecule has 2 aliphatic rings. The Morgan fingerprint density at radius 2 is 1.89 bits per heavy atom. The van der Waals surface area contributed by atoms with Crippen molar-refractivity contribution in [2.75, 3.05) is 12.4 Å². The minimum Gasteiger partial charge on any atom is -0.497 e. The first-order valence-corrected chi connectivity index (χ1v) is 17.6. The van der Waals surface area contributed by atoms with Crippen LogP contribution in [0.4, 0.5) is 15.9 Å². The quantitative estimate of drug-likeness (QED) is 0.199. The maximum absolute atomic E-state index is 16.0. The van der Waals surface area contributed by atoms with Crippen molar-refractivity contribution >= 4 is 33.1 Å². The van der Waals surface area contributed by atoms with E-state index in [9.17, 15) is 8.42 Å². The van der Waals surface area contributed by atoms with E-state index in [-0.39, 0.29) is 46.8 Å². The first kappa shape index (κ1) is 31.5. The number of ether oxygens (including phenoxy) is 2. The zero-order chi connectivity index (χ0) is 32.1. The number of halogens is 1. The first-order chi connectivity index (χ1) is 21.3.